The van der Waals surface area contributed by atoms with Gasteiger partial charge in [-0.05, 0) is 12.1 Å². The Bertz CT molecular complexity index is 443. The molecule has 1 aromatic rings. The van der Waals surface area contributed by atoms with Crippen molar-refractivity contribution >= 4 is 28.8 Å². The lowest BCUT2D eigenvalue weighted by molar-refractivity contribution is -0.383. The fourth-order valence-electron chi connectivity index (χ4n) is 1.70. The lowest BCUT2D eigenvalue weighted by Gasteiger charge is -2.13. The summed E-state index contributed by atoms with van der Waals surface area (Å²) in [6.07, 6.45) is 0. The van der Waals surface area contributed by atoms with Crippen LogP contribution in [0.25, 0.3) is 0 Å². The third-order valence-electron chi connectivity index (χ3n) is 2.48. The Morgan fingerprint density at radius 2 is 1.57 bits per heavy atom. The van der Waals surface area contributed by atoms with Gasteiger partial charge in [-0.15, -0.1) is 11.8 Å². The standard InChI is InChI=1S/C12H19N3O5S/c16-3-1-13-10-7-9(21-6-5-18)8-11(14-2-4-17)12(10)15(19)20/h7-8,13-14,16-18H,1-6H2. The third-order valence-corrected chi connectivity index (χ3v) is 3.44. The monoisotopic (exact) mass is 317 g/mol. The average Bonchev–Trinajstić information content (AvgIpc) is 2.47. The molecule has 0 spiro atoms. The predicted molar refractivity (Wildman–Crippen MR) is 82.1 cm³/mol. The first-order valence-electron chi connectivity index (χ1n) is 6.39. The number of nitrogens with zero attached hydrogens (tertiary/aromatic N) is 1. The van der Waals surface area contributed by atoms with Gasteiger partial charge in [0.05, 0.1) is 24.7 Å². The van der Waals surface area contributed by atoms with E-state index in [9.17, 15) is 10.1 Å². The van der Waals surface area contributed by atoms with Crippen molar-refractivity contribution in [2.75, 3.05) is 49.3 Å². The molecule has 0 aliphatic rings. The van der Waals surface area contributed by atoms with Gasteiger partial charge in [-0.2, -0.15) is 0 Å². The fraction of sp³-hybridized carbons (Fsp3) is 0.500. The molecule has 0 saturated heterocycles. The first-order chi connectivity index (χ1) is 10.1. The van der Waals surface area contributed by atoms with E-state index >= 15 is 0 Å². The largest absolute Gasteiger partial charge is 0.396 e. The molecule has 1 aromatic carbocycles. The molecular weight excluding hydrogens is 298 g/mol. The molecule has 21 heavy (non-hydrogen) atoms. The molecule has 0 heterocycles. The number of thioether (sulfide) groups is 1. The van der Waals surface area contributed by atoms with Crippen LogP contribution in [0.4, 0.5) is 17.1 Å². The predicted octanol–water partition coefficient (Wildman–Crippen LogP) is 0.488. The minimum atomic E-state index is -0.514. The van der Waals surface area contributed by atoms with Crippen LogP contribution in [0.2, 0.25) is 0 Å². The molecule has 8 nitrogen and oxygen atoms in total. The van der Waals surface area contributed by atoms with Crippen molar-refractivity contribution in [2.24, 2.45) is 0 Å². The van der Waals surface area contributed by atoms with Crippen LogP contribution < -0.4 is 10.6 Å². The van der Waals surface area contributed by atoms with Crippen LogP contribution in [-0.2, 0) is 0 Å². The normalized spacial score (nSPS) is 10.4. The summed E-state index contributed by atoms with van der Waals surface area (Å²) in [6.45, 7) is 0.0817. The molecule has 1 rings (SSSR count). The van der Waals surface area contributed by atoms with Crippen LogP contribution in [0, 0.1) is 10.1 Å². The van der Waals surface area contributed by atoms with E-state index in [2.05, 4.69) is 10.6 Å². The summed E-state index contributed by atoms with van der Waals surface area (Å²) in [7, 11) is 0. The van der Waals surface area contributed by atoms with E-state index in [1.54, 1.807) is 12.1 Å². The third kappa shape index (κ3) is 5.38. The van der Waals surface area contributed by atoms with Gasteiger partial charge in [-0.25, -0.2) is 0 Å². The first kappa shape index (κ1) is 17.5. The van der Waals surface area contributed by atoms with E-state index in [1.807, 2.05) is 0 Å². The zero-order chi connectivity index (χ0) is 15.7. The van der Waals surface area contributed by atoms with Gasteiger partial charge in [0.1, 0.15) is 11.4 Å². The highest BCUT2D eigenvalue weighted by atomic mass is 32.2. The van der Waals surface area contributed by atoms with Gasteiger partial charge in [0, 0.05) is 23.7 Å². The number of benzene rings is 1. The molecule has 0 amide bonds. The summed E-state index contributed by atoms with van der Waals surface area (Å²) in [5, 5.41) is 43.4. The molecular formula is C12H19N3O5S. The van der Waals surface area contributed by atoms with Crippen molar-refractivity contribution in [3.05, 3.63) is 22.2 Å². The topological polar surface area (TPSA) is 128 Å². The summed E-state index contributed by atoms with van der Waals surface area (Å²) >= 11 is 1.36. The highest BCUT2D eigenvalue weighted by molar-refractivity contribution is 7.99. The molecule has 0 aromatic heterocycles. The van der Waals surface area contributed by atoms with E-state index in [0.29, 0.717) is 5.75 Å². The molecule has 0 aliphatic heterocycles. The maximum atomic E-state index is 11.2. The smallest absolute Gasteiger partial charge is 0.315 e. The van der Waals surface area contributed by atoms with Crippen LogP contribution in [0.3, 0.4) is 0 Å². The number of nitro groups is 1. The van der Waals surface area contributed by atoms with Crippen molar-refractivity contribution in [1.82, 2.24) is 0 Å². The Morgan fingerprint density at radius 3 is 1.95 bits per heavy atom. The number of rotatable bonds is 10. The molecule has 5 N–H and O–H groups in total. The van der Waals surface area contributed by atoms with Gasteiger partial charge in [-0.1, -0.05) is 0 Å². The summed E-state index contributed by atoms with van der Waals surface area (Å²) in [5.41, 5.74) is 0.445. The summed E-state index contributed by atoms with van der Waals surface area (Å²) < 4.78 is 0. The number of aliphatic hydroxyl groups excluding tert-OH is 3. The van der Waals surface area contributed by atoms with Crippen LogP contribution in [0.1, 0.15) is 0 Å². The van der Waals surface area contributed by atoms with Crippen molar-refractivity contribution < 1.29 is 20.2 Å². The number of aliphatic hydroxyl groups is 3. The summed E-state index contributed by atoms with van der Waals surface area (Å²) in [6, 6.07) is 3.22. The molecule has 118 valence electrons. The van der Waals surface area contributed by atoms with Crippen molar-refractivity contribution in [3.8, 4) is 0 Å². The van der Waals surface area contributed by atoms with E-state index in [1.165, 1.54) is 11.8 Å². The zero-order valence-corrected chi connectivity index (χ0v) is 12.2. The van der Waals surface area contributed by atoms with Gasteiger partial charge < -0.3 is 26.0 Å². The van der Waals surface area contributed by atoms with Gasteiger partial charge >= 0.3 is 5.69 Å². The molecule has 0 radical (unpaired) electrons. The van der Waals surface area contributed by atoms with E-state index in [0.717, 1.165) is 4.90 Å². The van der Waals surface area contributed by atoms with Crippen molar-refractivity contribution in [3.63, 3.8) is 0 Å². The number of hydrogen-bond acceptors (Lipinski definition) is 8. The number of nitrogens with one attached hydrogen (secondary N) is 2. The van der Waals surface area contributed by atoms with Gasteiger partial charge in [0.2, 0.25) is 0 Å². The van der Waals surface area contributed by atoms with Gasteiger partial charge in [0.15, 0.2) is 0 Å². The maximum Gasteiger partial charge on any atom is 0.315 e. The second-order valence-corrected chi connectivity index (χ2v) is 5.17. The van der Waals surface area contributed by atoms with Crippen molar-refractivity contribution in [1.29, 1.82) is 0 Å². The van der Waals surface area contributed by atoms with Crippen molar-refractivity contribution in [2.45, 2.75) is 4.90 Å². The average molecular weight is 317 g/mol. The Kier molecular flexibility index (Phi) is 7.83. The lowest BCUT2D eigenvalue weighted by Crippen LogP contribution is -2.11. The van der Waals surface area contributed by atoms with Crippen LogP contribution in [-0.4, -0.2) is 58.9 Å². The SMILES string of the molecule is O=[N+]([O-])c1c(NCCO)cc(SCCO)cc1NCCO. The molecule has 0 bridgehead atoms. The molecule has 0 fully saturated rings. The Labute approximate surface area is 126 Å². The van der Waals surface area contributed by atoms with E-state index in [-0.39, 0.29) is 50.0 Å². The van der Waals surface area contributed by atoms with Crippen LogP contribution >= 0.6 is 11.8 Å². The lowest BCUT2D eigenvalue weighted by atomic mass is 10.2. The Balaban J connectivity index is 3.17. The molecule has 0 atom stereocenters. The zero-order valence-electron chi connectivity index (χ0n) is 11.4. The molecule has 0 aliphatic carbocycles. The Morgan fingerprint density at radius 1 is 1.05 bits per heavy atom. The molecule has 9 heteroatoms. The quantitative estimate of drug-likeness (QED) is 0.240. The first-order valence-corrected chi connectivity index (χ1v) is 7.38. The number of anilines is 2. The second kappa shape index (κ2) is 9.40. The summed E-state index contributed by atoms with van der Waals surface area (Å²) in [4.78, 5) is 11.5. The summed E-state index contributed by atoms with van der Waals surface area (Å²) in [5.74, 6) is 0.469. The maximum absolute atomic E-state index is 11.2. The van der Waals surface area contributed by atoms with Crippen LogP contribution in [0.5, 0.6) is 0 Å². The number of hydrogen-bond donors (Lipinski definition) is 5. The van der Waals surface area contributed by atoms with E-state index < -0.39 is 4.92 Å². The minimum Gasteiger partial charge on any atom is -0.396 e. The molecule has 0 unspecified atom stereocenters. The minimum absolute atomic E-state index is 0.000454. The second-order valence-electron chi connectivity index (χ2n) is 4.00. The van der Waals surface area contributed by atoms with Gasteiger partial charge in [0.25, 0.3) is 0 Å². The molecule has 0 saturated carbocycles. The van der Waals surface area contributed by atoms with Crippen LogP contribution in [0.15, 0.2) is 17.0 Å². The van der Waals surface area contributed by atoms with Gasteiger partial charge in [-0.3, -0.25) is 10.1 Å². The highest BCUT2D eigenvalue weighted by Crippen LogP contribution is 2.37. The number of nitro benzene ring substituents is 1. The van der Waals surface area contributed by atoms with E-state index in [4.69, 9.17) is 15.3 Å². The highest BCUT2D eigenvalue weighted by Gasteiger charge is 2.21. The Hall–Kier alpha value is -1.55. The fourth-order valence-corrected chi connectivity index (χ4v) is 2.43.